The van der Waals surface area contributed by atoms with Crippen LogP contribution in [0.4, 0.5) is 0 Å². The topological polar surface area (TPSA) is 73.9 Å². The minimum atomic E-state index is -0.591. The summed E-state index contributed by atoms with van der Waals surface area (Å²) in [6, 6.07) is 11.2. The Bertz CT molecular complexity index is 919. The molecule has 6 heteroatoms. The van der Waals surface area contributed by atoms with E-state index >= 15 is 0 Å². The maximum Gasteiger partial charge on any atom is 0.331 e. The zero-order chi connectivity index (χ0) is 20.1. The van der Waals surface area contributed by atoms with Crippen LogP contribution in [0, 0.1) is 13.8 Å². The number of hydrogen-bond donors (Lipinski definition) is 1. The summed E-state index contributed by atoms with van der Waals surface area (Å²) in [5, 5.41) is 2.83. The van der Waals surface area contributed by atoms with Crippen molar-refractivity contribution in [2.75, 3.05) is 13.4 Å². The van der Waals surface area contributed by atoms with Crippen LogP contribution >= 0.6 is 0 Å². The van der Waals surface area contributed by atoms with Gasteiger partial charge in [-0.05, 0) is 61.2 Å². The van der Waals surface area contributed by atoms with Gasteiger partial charge in [0.2, 0.25) is 6.79 Å². The Morgan fingerprint density at radius 2 is 1.89 bits per heavy atom. The summed E-state index contributed by atoms with van der Waals surface area (Å²) in [6.45, 7) is 5.82. The molecule has 1 aliphatic rings. The van der Waals surface area contributed by atoms with E-state index in [4.69, 9.17) is 14.2 Å². The van der Waals surface area contributed by atoms with Crippen LogP contribution in [0.25, 0.3) is 6.08 Å². The number of fused-ring (bicyclic) bond motifs is 1. The molecule has 1 unspecified atom stereocenters. The third-order valence-electron chi connectivity index (χ3n) is 4.56. The Morgan fingerprint density at radius 1 is 1.11 bits per heavy atom. The van der Waals surface area contributed by atoms with Crippen molar-refractivity contribution < 1.29 is 23.8 Å². The highest BCUT2D eigenvalue weighted by molar-refractivity contribution is 5.89. The minimum Gasteiger partial charge on any atom is -0.454 e. The van der Waals surface area contributed by atoms with Gasteiger partial charge in [0.15, 0.2) is 18.1 Å². The molecule has 146 valence electrons. The molecule has 0 aromatic heterocycles. The Kier molecular flexibility index (Phi) is 5.99. The van der Waals surface area contributed by atoms with E-state index in [1.165, 1.54) is 17.2 Å². The summed E-state index contributed by atoms with van der Waals surface area (Å²) in [7, 11) is 0. The zero-order valence-electron chi connectivity index (χ0n) is 16.2. The fraction of sp³-hybridized carbons (Fsp3) is 0.273. The molecule has 1 amide bonds. The van der Waals surface area contributed by atoms with Gasteiger partial charge in [0, 0.05) is 6.08 Å². The second-order valence-electron chi connectivity index (χ2n) is 6.69. The smallest absolute Gasteiger partial charge is 0.331 e. The first-order valence-electron chi connectivity index (χ1n) is 9.03. The van der Waals surface area contributed by atoms with Crippen molar-refractivity contribution in [3.63, 3.8) is 0 Å². The maximum atomic E-state index is 12.0. The number of esters is 1. The molecule has 0 saturated carbocycles. The summed E-state index contributed by atoms with van der Waals surface area (Å²) in [6.07, 6.45) is 2.87. The molecule has 0 radical (unpaired) electrons. The van der Waals surface area contributed by atoms with E-state index < -0.39 is 5.97 Å². The molecule has 0 aliphatic carbocycles. The van der Waals surface area contributed by atoms with Crippen LogP contribution in [0.5, 0.6) is 11.5 Å². The molecule has 28 heavy (non-hydrogen) atoms. The number of carbonyl (C=O) groups is 2. The van der Waals surface area contributed by atoms with Crippen molar-refractivity contribution in [3.05, 3.63) is 64.7 Å². The normalized spacial score (nSPS) is 13.4. The molecule has 1 aliphatic heterocycles. The molecule has 0 fully saturated rings. The maximum absolute atomic E-state index is 12.0. The predicted molar refractivity (Wildman–Crippen MR) is 105 cm³/mol. The van der Waals surface area contributed by atoms with Crippen LogP contribution in [-0.2, 0) is 14.3 Å². The average Bonchev–Trinajstić information content (AvgIpc) is 3.14. The summed E-state index contributed by atoms with van der Waals surface area (Å²) < 4.78 is 15.5. The Balaban J connectivity index is 1.47. The highest BCUT2D eigenvalue weighted by atomic mass is 16.7. The van der Waals surface area contributed by atoms with Crippen molar-refractivity contribution in [1.82, 2.24) is 5.32 Å². The van der Waals surface area contributed by atoms with Crippen molar-refractivity contribution in [3.8, 4) is 11.5 Å². The lowest BCUT2D eigenvalue weighted by Gasteiger charge is -2.15. The van der Waals surface area contributed by atoms with E-state index in [0.717, 1.165) is 11.1 Å². The summed E-state index contributed by atoms with van der Waals surface area (Å²) >= 11 is 0. The monoisotopic (exact) mass is 381 g/mol. The molecule has 2 aromatic rings. The highest BCUT2D eigenvalue weighted by Gasteiger charge is 2.13. The number of rotatable bonds is 6. The Labute approximate surface area is 164 Å². The van der Waals surface area contributed by atoms with E-state index in [9.17, 15) is 9.59 Å². The van der Waals surface area contributed by atoms with Gasteiger partial charge in [0.25, 0.3) is 5.91 Å². The van der Waals surface area contributed by atoms with Crippen LogP contribution in [0.1, 0.15) is 35.2 Å². The third kappa shape index (κ3) is 4.91. The molecule has 0 saturated heterocycles. The molecule has 1 N–H and O–H groups in total. The van der Waals surface area contributed by atoms with Gasteiger partial charge in [-0.3, -0.25) is 4.79 Å². The zero-order valence-corrected chi connectivity index (χ0v) is 16.2. The number of carbonyl (C=O) groups excluding carboxylic acids is 2. The second-order valence-corrected chi connectivity index (χ2v) is 6.69. The van der Waals surface area contributed by atoms with Gasteiger partial charge in [-0.25, -0.2) is 4.79 Å². The molecule has 3 rings (SSSR count). The van der Waals surface area contributed by atoms with Crippen LogP contribution in [0.15, 0.2) is 42.5 Å². The van der Waals surface area contributed by atoms with Gasteiger partial charge in [-0.1, -0.05) is 24.3 Å². The van der Waals surface area contributed by atoms with Crippen LogP contribution < -0.4 is 14.8 Å². The summed E-state index contributed by atoms with van der Waals surface area (Å²) in [4.78, 5) is 23.9. The van der Waals surface area contributed by atoms with Gasteiger partial charge in [0.05, 0.1) is 6.04 Å². The number of nitrogens with one attached hydrogen (secondary N) is 1. The SMILES string of the molecule is Cc1ccc(C(C)NC(=O)COC(=O)/C=C/c2ccc3c(c2)OCO3)cc1C. The largest absolute Gasteiger partial charge is 0.454 e. The van der Waals surface area contributed by atoms with Crippen molar-refractivity contribution >= 4 is 18.0 Å². The van der Waals surface area contributed by atoms with Crippen LogP contribution in [0.3, 0.4) is 0 Å². The summed E-state index contributed by atoms with van der Waals surface area (Å²) in [5.41, 5.74) is 4.14. The third-order valence-corrected chi connectivity index (χ3v) is 4.56. The molecule has 0 spiro atoms. The Morgan fingerprint density at radius 3 is 2.68 bits per heavy atom. The first-order chi connectivity index (χ1) is 13.4. The number of amides is 1. The first kappa shape index (κ1) is 19.5. The van der Waals surface area contributed by atoms with E-state index in [0.29, 0.717) is 11.5 Å². The molecule has 2 aromatic carbocycles. The van der Waals surface area contributed by atoms with Crippen molar-refractivity contribution in [2.24, 2.45) is 0 Å². The fourth-order valence-corrected chi connectivity index (χ4v) is 2.77. The quantitative estimate of drug-likeness (QED) is 0.613. The van der Waals surface area contributed by atoms with E-state index in [1.807, 2.05) is 39.0 Å². The van der Waals surface area contributed by atoms with Gasteiger partial charge in [-0.2, -0.15) is 0 Å². The lowest BCUT2D eigenvalue weighted by atomic mass is 10.0. The second kappa shape index (κ2) is 8.61. The number of aryl methyl sites for hydroxylation is 2. The minimum absolute atomic E-state index is 0.172. The van der Waals surface area contributed by atoms with Crippen molar-refractivity contribution in [1.29, 1.82) is 0 Å². The molecular formula is C22H23NO5. The Hall–Kier alpha value is -3.28. The first-order valence-corrected chi connectivity index (χ1v) is 9.03. The standard InChI is InChI=1S/C22H23NO5/c1-14-4-7-18(10-15(14)2)16(3)23-21(24)12-26-22(25)9-6-17-5-8-19-20(11-17)28-13-27-19/h4-11,16H,12-13H2,1-3H3,(H,23,24)/b9-6+. The van der Waals surface area contributed by atoms with Gasteiger partial charge < -0.3 is 19.5 Å². The molecule has 1 atom stereocenters. The molecule has 6 nitrogen and oxygen atoms in total. The van der Waals surface area contributed by atoms with Gasteiger partial charge in [-0.15, -0.1) is 0 Å². The van der Waals surface area contributed by atoms with Crippen LogP contribution in [0.2, 0.25) is 0 Å². The van der Waals surface area contributed by atoms with Crippen molar-refractivity contribution in [2.45, 2.75) is 26.8 Å². The van der Waals surface area contributed by atoms with Gasteiger partial charge >= 0.3 is 5.97 Å². The number of ether oxygens (including phenoxy) is 3. The molecule has 0 bridgehead atoms. The fourth-order valence-electron chi connectivity index (χ4n) is 2.77. The summed E-state index contributed by atoms with van der Waals surface area (Å²) in [5.74, 6) is 0.367. The number of hydrogen-bond acceptors (Lipinski definition) is 5. The molecular weight excluding hydrogens is 358 g/mol. The predicted octanol–water partition coefficient (Wildman–Crippen LogP) is 3.47. The molecule has 1 heterocycles. The number of benzene rings is 2. The average molecular weight is 381 g/mol. The van der Waals surface area contributed by atoms with E-state index in [1.54, 1.807) is 24.3 Å². The van der Waals surface area contributed by atoms with E-state index in [2.05, 4.69) is 5.32 Å². The van der Waals surface area contributed by atoms with Gasteiger partial charge in [0.1, 0.15) is 0 Å². The highest BCUT2D eigenvalue weighted by Crippen LogP contribution is 2.32. The lowest BCUT2D eigenvalue weighted by molar-refractivity contribution is -0.144. The van der Waals surface area contributed by atoms with E-state index in [-0.39, 0.29) is 25.3 Å². The van der Waals surface area contributed by atoms with Crippen LogP contribution in [-0.4, -0.2) is 25.3 Å². The lowest BCUT2D eigenvalue weighted by Crippen LogP contribution is -2.31.